The first kappa shape index (κ1) is 9.99. The van der Waals surface area contributed by atoms with Gasteiger partial charge in [0.2, 0.25) is 0 Å². The van der Waals surface area contributed by atoms with Crippen LogP contribution in [0.2, 0.25) is 0 Å². The van der Waals surface area contributed by atoms with Crippen molar-refractivity contribution in [2.75, 3.05) is 18.9 Å². The van der Waals surface area contributed by atoms with Crippen LogP contribution < -0.4 is 11.1 Å². The Morgan fingerprint density at radius 2 is 1.80 bits per heavy atom. The minimum atomic E-state index is 0.688. The van der Waals surface area contributed by atoms with E-state index in [0.717, 1.165) is 6.42 Å². The van der Waals surface area contributed by atoms with E-state index in [1.807, 2.05) is 7.05 Å². The molecule has 0 saturated heterocycles. The zero-order valence-corrected chi connectivity index (χ0v) is 8.96. The highest BCUT2D eigenvalue weighted by atomic mass is 14.8. The summed E-state index contributed by atoms with van der Waals surface area (Å²) < 4.78 is 0. The van der Waals surface area contributed by atoms with Gasteiger partial charge in [0.1, 0.15) is 0 Å². The van der Waals surface area contributed by atoms with Crippen molar-refractivity contribution in [3.05, 3.63) is 42.0 Å². The molecule has 2 heteroatoms. The first-order valence-corrected chi connectivity index (χ1v) is 5.24. The first-order valence-electron chi connectivity index (χ1n) is 5.24. The van der Waals surface area contributed by atoms with E-state index in [1.54, 1.807) is 0 Å². The molecule has 78 valence electrons. The lowest BCUT2D eigenvalue weighted by Gasteiger charge is -2.10. The fraction of sp³-hybridized carbons (Fsp3) is 0.231. The van der Waals surface area contributed by atoms with Crippen LogP contribution in [-0.4, -0.2) is 13.6 Å². The zero-order chi connectivity index (χ0) is 10.7. The Morgan fingerprint density at radius 3 is 2.40 bits per heavy atom. The van der Waals surface area contributed by atoms with Crippen LogP contribution >= 0.6 is 0 Å². The van der Waals surface area contributed by atoms with Gasteiger partial charge in [0, 0.05) is 12.7 Å². The Morgan fingerprint density at radius 1 is 1.13 bits per heavy atom. The monoisotopic (exact) mass is 200 g/mol. The van der Waals surface area contributed by atoms with Crippen LogP contribution in [0, 0.1) is 0 Å². The van der Waals surface area contributed by atoms with Crippen molar-refractivity contribution >= 4 is 16.5 Å². The first-order chi connectivity index (χ1) is 7.35. The Kier molecular flexibility index (Phi) is 2.88. The van der Waals surface area contributed by atoms with Crippen molar-refractivity contribution in [3.8, 4) is 0 Å². The van der Waals surface area contributed by atoms with Gasteiger partial charge in [0.15, 0.2) is 0 Å². The third-order valence-electron chi connectivity index (χ3n) is 2.65. The van der Waals surface area contributed by atoms with Crippen LogP contribution in [0.3, 0.4) is 0 Å². The summed E-state index contributed by atoms with van der Waals surface area (Å²) in [5, 5.41) is 5.76. The number of nitrogens with one attached hydrogen (secondary N) is 1. The smallest absolute Gasteiger partial charge is 0.0377 e. The van der Waals surface area contributed by atoms with Gasteiger partial charge in [-0.05, 0) is 41.4 Å². The maximum absolute atomic E-state index is 5.60. The molecule has 15 heavy (non-hydrogen) atoms. The van der Waals surface area contributed by atoms with Crippen LogP contribution in [0.15, 0.2) is 36.4 Å². The maximum atomic E-state index is 5.60. The van der Waals surface area contributed by atoms with Gasteiger partial charge >= 0.3 is 0 Å². The lowest BCUT2D eigenvalue weighted by atomic mass is 10.0. The summed E-state index contributed by atoms with van der Waals surface area (Å²) in [5.41, 5.74) is 8.07. The van der Waals surface area contributed by atoms with E-state index >= 15 is 0 Å². The number of hydrogen-bond acceptors (Lipinski definition) is 2. The number of nitrogens with two attached hydrogens (primary N) is 1. The van der Waals surface area contributed by atoms with Crippen molar-refractivity contribution in [2.24, 2.45) is 5.73 Å². The fourth-order valence-corrected chi connectivity index (χ4v) is 1.88. The second-order valence-corrected chi connectivity index (χ2v) is 3.65. The number of rotatable bonds is 3. The summed E-state index contributed by atoms with van der Waals surface area (Å²) in [4.78, 5) is 0. The summed E-state index contributed by atoms with van der Waals surface area (Å²) in [6.07, 6.45) is 0.918. The van der Waals surface area contributed by atoms with Gasteiger partial charge in [0.05, 0.1) is 0 Å². The van der Waals surface area contributed by atoms with Gasteiger partial charge in [-0.15, -0.1) is 0 Å². The largest absolute Gasteiger partial charge is 0.388 e. The van der Waals surface area contributed by atoms with Crippen molar-refractivity contribution < 1.29 is 0 Å². The van der Waals surface area contributed by atoms with E-state index in [0.29, 0.717) is 6.54 Å². The molecule has 2 nitrogen and oxygen atoms in total. The van der Waals surface area contributed by atoms with Gasteiger partial charge in [-0.2, -0.15) is 0 Å². The molecular weight excluding hydrogens is 184 g/mol. The Bertz CT molecular complexity index is 463. The van der Waals surface area contributed by atoms with Crippen molar-refractivity contribution in [1.29, 1.82) is 0 Å². The average molecular weight is 200 g/mol. The SMILES string of the molecule is CNc1cc2ccccc2cc1CCN. The number of anilines is 1. The van der Waals surface area contributed by atoms with E-state index in [9.17, 15) is 0 Å². The van der Waals surface area contributed by atoms with E-state index in [2.05, 4.69) is 41.7 Å². The summed E-state index contributed by atoms with van der Waals surface area (Å²) in [7, 11) is 1.95. The summed E-state index contributed by atoms with van der Waals surface area (Å²) in [6.45, 7) is 0.688. The number of benzene rings is 2. The minimum Gasteiger partial charge on any atom is -0.388 e. The molecule has 3 N–H and O–H groups in total. The van der Waals surface area contributed by atoms with Gasteiger partial charge in [-0.3, -0.25) is 0 Å². The second kappa shape index (κ2) is 4.32. The molecule has 0 saturated carbocycles. The summed E-state index contributed by atoms with van der Waals surface area (Å²) >= 11 is 0. The highest BCUT2D eigenvalue weighted by molar-refractivity contribution is 5.87. The average Bonchev–Trinajstić information content (AvgIpc) is 2.28. The van der Waals surface area contributed by atoms with E-state index < -0.39 is 0 Å². The molecule has 2 aromatic carbocycles. The minimum absolute atomic E-state index is 0.688. The topological polar surface area (TPSA) is 38.0 Å². The summed E-state index contributed by atoms with van der Waals surface area (Å²) in [5.74, 6) is 0. The van der Waals surface area contributed by atoms with Crippen LogP contribution in [0.4, 0.5) is 5.69 Å². The molecule has 0 radical (unpaired) electrons. The van der Waals surface area contributed by atoms with Crippen molar-refractivity contribution in [3.63, 3.8) is 0 Å². The third kappa shape index (κ3) is 1.95. The number of fused-ring (bicyclic) bond motifs is 1. The highest BCUT2D eigenvalue weighted by Gasteiger charge is 2.02. The Balaban J connectivity index is 2.58. The predicted molar refractivity (Wildman–Crippen MR) is 66.3 cm³/mol. The molecule has 0 aliphatic carbocycles. The lowest BCUT2D eigenvalue weighted by Crippen LogP contribution is -2.05. The van der Waals surface area contributed by atoms with Gasteiger partial charge in [-0.1, -0.05) is 24.3 Å². The third-order valence-corrected chi connectivity index (χ3v) is 2.65. The molecule has 0 aliphatic rings. The van der Waals surface area contributed by atoms with Crippen molar-refractivity contribution in [1.82, 2.24) is 0 Å². The van der Waals surface area contributed by atoms with Gasteiger partial charge < -0.3 is 11.1 Å². The van der Waals surface area contributed by atoms with Gasteiger partial charge in [-0.25, -0.2) is 0 Å². The molecule has 2 rings (SSSR count). The fourth-order valence-electron chi connectivity index (χ4n) is 1.88. The second-order valence-electron chi connectivity index (χ2n) is 3.65. The molecular formula is C13H16N2. The van der Waals surface area contributed by atoms with E-state index in [-0.39, 0.29) is 0 Å². The van der Waals surface area contributed by atoms with Gasteiger partial charge in [0.25, 0.3) is 0 Å². The van der Waals surface area contributed by atoms with E-state index in [4.69, 9.17) is 5.73 Å². The highest BCUT2D eigenvalue weighted by Crippen LogP contribution is 2.23. The summed E-state index contributed by atoms with van der Waals surface area (Å²) in [6, 6.07) is 12.8. The zero-order valence-electron chi connectivity index (χ0n) is 8.96. The quantitative estimate of drug-likeness (QED) is 0.798. The Labute approximate surface area is 90.1 Å². The van der Waals surface area contributed by atoms with E-state index in [1.165, 1.54) is 22.0 Å². The van der Waals surface area contributed by atoms with Crippen LogP contribution in [0.25, 0.3) is 10.8 Å². The predicted octanol–water partition coefficient (Wildman–Crippen LogP) is 2.38. The molecule has 0 bridgehead atoms. The molecule has 0 aliphatic heterocycles. The normalized spacial score (nSPS) is 10.5. The standard InChI is InChI=1S/C13H16N2/c1-15-13-9-11-5-3-2-4-10(11)8-12(13)6-7-14/h2-5,8-9,15H,6-7,14H2,1H3. The van der Waals surface area contributed by atoms with Crippen LogP contribution in [0.5, 0.6) is 0 Å². The molecule has 0 fully saturated rings. The molecule has 0 atom stereocenters. The van der Waals surface area contributed by atoms with Crippen LogP contribution in [0.1, 0.15) is 5.56 Å². The maximum Gasteiger partial charge on any atom is 0.0377 e. The van der Waals surface area contributed by atoms with Crippen molar-refractivity contribution in [2.45, 2.75) is 6.42 Å². The molecule has 2 aromatic rings. The molecule has 0 amide bonds. The lowest BCUT2D eigenvalue weighted by molar-refractivity contribution is 0.971. The molecule has 0 aromatic heterocycles. The Hall–Kier alpha value is -1.54. The molecule has 0 spiro atoms. The molecule has 0 heterocycles. The number of hydrogen-bond donors (Lipinski definition) is 2. The molecule has 0 unspecified atom stereocenters. The van der Waals surface area contributed by atoms with Crippen LogP contribution in [-0.2, 0) is 6.42 Å².